The van der Waals surface area contributed by atoms with Crippen molar-refractivity contribution in [2.45, 2.75) is 13.8 Å². The predicted molar refractivity (Wildman–Crippen MR) is 67.4 cm³/mol. The molecule has 0 aliphatic heterocycles. The van der Waals surface area contributed by atoms with E-state index in [2.05, 4.69) is 10.2 Å². The van der Waals surface area contributed by atoms with Gasteiger partial charge in [-0.05, 0) is 36.2 Å². The fourth-order valence-corrected chi connectivity index (χ4v) is 1.98. The second-order valence-corrected chi connectivity index (χ2v) is 4.08. The molecule has 0 bridgehead atoms. The van der Waals surface area contributed by atoms with E-state index in [0.717, 1.165) is 5.56 Å². The Morgan fingerprint density at radius 3 is 2.50 bits per heavy atom. The van der Waals surface area contributed by atoms with E-state index in [1.807, 2.05) is 6.92 Å². The molecule has 2 aromatic rings. The highest BCUT2D eigenvalue weighted by atomic mass is 16.3. The van der Waals surface area contributed by atoms with Crippen molar-refractivity contribution >= 4 is 16.6 Å². The summed E-state index contributed by atoms with van der Waals surface area (Å²) in [6.07, 6.45) is 0. The van der Waals surface area contributed by atoms with Crippen LogP contribution in [0.25, 0.3) is 10.9 Å². The molecule has 18 heavy (non-hydrogen) atoms. The normalized spacial score (nSPS) is 10.6. The first-order chi connectivity index (χ1) is 8.45. The second kappa shape index (κ2) is 4.06. The van der Waals surface area contributed by atoms with E-state index in [0.29, 0.717) is 11.1 Å². The maximum absolute atomic E-state index is 11.5. The molecule has 0 aliphatic rings. The van der Waals surface area contributed by atoms with Gasteiger partial charge in [-0.3, -0.25) is 9.59 Å². The van der Waals surface area contributed by atoms with Crippen LogP contribution in [-0.2, 0) is 0 Å². The van der Waals surface area contributed by atoms with Crippen LogP contribution in [0.15, 0.2) is 26.9 Å². The summed E-state index contributed by atoms with van der Waals surface area (Å²) < 4.78 is 0. The average Bonchev–Trinajstić information content (AvgIpc) is 2.35. The molecule has 2 N–H and O–H groups in total. The summed E-state index contributed by atoms with van der Waals surface area (Å²) in [4.78, 5) is 36.0. The van der Waals surface area contributed by atoms with Crippen LogP contribution >= 0.6 is 0 Å². The molecule has 0 saturated heterocycles. The largest absolute Gasteiger partial charge is 0.505 e. The second-order valence-electron chi connectivity index (χ2n) is 4.08. The minimum Gasteiger partial charge on any atom is -0.505 e. The Labute approximate surface area is 101 Å². The van der Waals surface area contributed by atoms with Crippen molar-refractivity contribution in [3.63, 3.8) is 0 Å². The van der Waals surface area contributed by atoms with Gasteiger partial charge in [0, 0.05) is 5.39 Å². The van der Waals surface area contributed by atoms with Crippen molar-refractivity contribution in [3.8, 4) is 5.75 Å². The first kappa shape index (κ1) is 12.0. The zero-order chi connectivity index (χ0) is 13.4. The molecule has 0 fully saturated rings. The molecule has 0 saturated carbocycles. The number of rotatable bonds is 1. The maximum atomic E-state index is 11.5. The molecule has 0 spiro atoms. The van der Waals surface area contributed by atoms with Crippen molar-refractivity contribution < 1.29 is 5.11 Å². The number of aromatic hydroxyl groups is 1. The third-order valence-corrected chi connectivity index (χ3v) is 2.70. The van der Waals surface area contributed by atoms with Crippen molar-refractivity contribution in [1.29, 1.82) is 0 Å². The average molecular weight is 246 g/mol. The van der Waals surface area contributed by atoms with Crippen LogP contribution in [0.3, 0.4) is 0 Å². The molecule has 0 atom stereocenters. The molecular formula is C12H10N2O4. The van der Waals surface area contributed by atoms with Gasteiger partial charge >= 0.3 is 0 Å². The van der Waals surface area contributed by atoms with Crippen LogP contribution in [-0.4, -0.2) is 10.1 Å². The van der Waals surface area contributed by atoms with E-state index in [9.17, 15) is 19.6 Å². The molecule has 1 heterocycles. The summed E-state index contributed by atoms with van der Waals surface area (Å²) in [5.74, 6) is -0.569. The highest BCUT2D eigenvalue weighted by Crippen LogP contribution is 2.31. The topological polar surface area (TPSA) is 99.6 Å². The van der Waals surface area contributed by atoms with Gasteiger partial charge in [-0.15, -0.1) is 4.91 Å². The third kappa shape index (κ3) is 1.67. The Kier molecular flexibility index (Phi) is 2.70. The van der Waals surface area contributed by atoms with Crippen molar-refractivity contribution in [1.82, 2.24) is 4.98 Å². The van der Waals surface area contributed by atoms with Gasteiger partial charge < -0.3 is 10.1 Å². The molecule has 0 radical (unpaired) electrons. The van der Waals surface area contributed by atoms with E-state index in [4.69, 9.17) is 0 Å². The fourth-order valence-electron chi connectivity index (χ4n) is 1.98. The summed E-state index contributed by atoms with van der Waals surface area (Å²) in [5, 5.41) is 12.6. The maximum Gasteiger partial charge on any atom is 0.298 e. The smallest absolute Gasteiger partial charge is 0.298 e. The Balaban J connectivity index is 3.24. The molecule has 6 nitrogen and oxygen atoms in total. The quantitative estimate of drug-likeness (QED) is 0.589. The molecule has 0 amide bonds. The van der Waals surface area contributed by atoms with Crippen LogP contribution < -0.4 is 11.0 Å². The standard InChI is InChI=1S/C12H10N2O4/c1-5-3-6(2)8-7(4-5)13-12(17)11(16)9(14-18)10(8)15/h3-4,15H,1-2H3,(H,13,16,17). The summed E-state index contributed by atoms with van der Waals surface area (Å²) in [5.41, 5.74) is -1.11. The van der Waals surface area contributed by atoms with Crippen molar-refractivity contribution in [3.05, 3.63) is 48.7 Å². The highest BCUT2D eigenvalue weighted by Gasteiger charge is 2.14. The van der Waals surface area contributed by atoms with E-state index >= 15 is 0 Å². The Morgan fingerprint density at radius 2 is 1.89 bits per heavy atom. The number of nitroso groups, excluding NO2 is 1. The van der Waals surface area contributed by atoms with Gasteiger partial charge in [-0.1, -0.05) is 6.07 Å². The molecule has 0 unspecified atom stereocenters. The highest BCUT2D eigenvalue weighted by molar-refractivity contribution is 5.91. The van der Waals surface area contributed by atoms with Crippen LogP contribution in [0.5, 0.6) is 5.75 Å². The molecular weight excluding hydrogens is 236 g/mol. The summed E-state index contributed by atoms with van der Waals surface area (Å²) in [6.45, 7) is 3.51. The lowest BCUT2D eigenvalue weighted by molar-refractivity contribution is 0.483. The molecule has 2 rings (SSSR count). The number of benzene rings is 1. The number of H-pyrrole nitrogens is 1. The lowest BCUT2D eigenvalue weighted by atomic mass is 10.1. The van der Waals surface area contributed by atoms with Gasteiger partial charge in [0.25, 0.3) is 11.0 Å². The van der Waals surface area contributed by atoms with E-state index in [1.165, 1.54) is 0 Å². The van der Waals surface area contributed by atoms with E-state index in [-0.39, 0.29) is 5.39 Å². The number of aromatic amines is 1. The van der Waals surface area contributed by atoms with Crippen LogP contribution in [0.2, 0.25) is 0 Å². The predicted octanol–water partition coefficient (Wildman–Crippen LogP) is 1.61. The zero-order valence-electron chi connectivity index (χ0n) is 9.77. The number of nitrogens with one attached hydrogen (secondary N) is 1. The number of aryl methyl sites for hydroxylation is 2. The Bertz CT molecular complexity index is 777. The Morgan fingerprint density at radius 1 is 1.22 bits per heavy atom. The van der Waals surface area contributed by atoms with Crippen LogP contribution in [0, 0.1) is 18.8 Å². The minimum atomic E-state index is -1.14. The first-order valence-electron chi connectivity index (χ1n) is 5.19. The monoisotopic (exact) mass is 246 g/mol. The molecule has 1 aromatic heterocycles. The van der Waals surface area contributed by atoms with E-state index in [1.54, 1.807) is 19.1 Å². The summed E-state index contributed by atoms with van der Waals surface area (Å²) in [7, 11) is 0. The number of fused-ring (bicyclic) bond motifs is 1. The number of aromatic nitrogens is 1. The Hall–Kier alpha value is -2.50. The number of nitrogens with zero attached hydrogens (tertiary/aromatic N) is 1. The van der Waals surface area contributed by atoms with Crippen LogP contribution in [0.1, 0.15) is 11.1 Å². The number of hydrogen-bond acceptors (Lipinski definition) is 5. The fraction of sp³-hybridized carbons (Fsp3) is 0.167. The zero-order valence-corrected chi connectivity index (χ0v) is 9.77. The van der Waals surface area contributed by atoms with Gasteiger partial charge in [0.05, 0.1) is 5.52 Å². The van der Waals surface area contributed by atoms with Gasteiger partial charge in [0.15, 0.2) is 5.75 Å². The van der Waals surface area contributed by atoms with Gasteiger partial charge in [-0.25, -0.2) is 0 Å². The summed E-state index contributed by atoms with van der Waals surface area (Å²) >= 11 is 0. The van der Waals surface area contributed by atoms with Crippen LogP contribution in [0.4, 0.5) is 5.69 Å². The van der Waals surface area contributed by atoms with Crippen molar-refractivity contribution in [2.24, 2.45) is 5.18 Å². The lowest BCUT2D eigenvalue weighted by Crippen LogP contribution is -2.22. The molecule has 6 heteroatoms. The molecule has 0 aliphatic carbocycles. The lowest BCUT2D eigenvalue weighted by Gasteiger charge is -2.02. The van der Waals surface area contributed by atoms with Gasteiger partial charge in [-0.2, -0.15) is 0 Å². The molecule has 1 aromatic carbocycles. The SMILES string of the molecule is Cc1cc(C)c2c(O)c(N=O)c(=O)c(=O)[nH]c2c1. The third-order valence-electron chi connectivity index (χ3n) is 2.70. The van der Waals surface area contributed by atoms with E-state index < -0.39 is 22.4 Å². The summed E-state index contributed by atoms with van der Waals surface area (Å²) in [6, 6.07) is 3.37. The number of hydrogen-bond donors (Lipinski definition) is 2. The van der Waals surface area contributed by atoms with Crippen molar-refractivity contribution in [2.75, 3.05) is 0 Å². The molecule has 92 valence electrons. The van der Waals surface area contributed by atoms with Gasteiger partial charge in [0.1, 0.15) is 0 Å². The first-order valence-corrected chi connectivity index (χ1v) is 5.19. The minimum absolute atomic E-state index is 0.245. The van der Waals surface area contributed by atoms with Gasteiger partial charge in [0.2, 0.25) is 5.69 Å².